The first-order chi connectivity index (χ1) is 13.5. The van der Waals surface area contributed by atoms with Crippen LogP contribution < -0.4 is 4.72 Å². The first-order valence-corrected chi connectivity index (χ1v) is 11.4. The van der Waals surface area contributed by atoms with Crippen LogP contribution in [-0.2, 0) is 27.8 Å². The number of sulfonamides is 1. The topological polar surface area (TPSA) is 66.5 Å². The second-order valence-corrected chi connectivity index (χ2v) is 9.47. The number of nitrogens with zero attached hydrogens (tertiary/aromatic N) is 1. The van der Waals surface area contributed by atoms with E-state index < -0.39 is 10.0 Å². The molecule has 2 aliphatic rings. The molecule has 1 N–H and O–H groups in total. The van der Waals surface area contributed by atoms with E-state index in [-0.39, 0.29) is 17.9 Å². The Kier molecular flexibility index (Phi) is 5.25. The molecular formula is C22H26N2O3S. The van der Waals surface area contributed by atoms with Gasteiger partial charge in [-0.1, -0.05) is 48.9 Å². The van der Waals surface area contributed by atoms with Gasteiger partial charge in [0, 0.05) is 25.0 Å². The van der Waals surface area contributed by atoms with Crippen LogP contribution in [0.25, 0.3) is 0 Å². The highest BCUT2D eigenvalue weighted by Crippen LogP contribution is 2.32. The summed E-state index contributed by atoms with van der Waals surface area (Å²) < 4.78 is 29.1. The lowest BCUT2D eigenvalue weighted by molar-refractivity contribution is -0.139. The van der Waals surface area contributed by atoms with E-state index in [1.54, 1.807) is 12.1 Å². The molecule has 1 heterocycles. The highest BCUT2D eigenvalue weighted by atomic mass is 32.2. The number of carbonyl (C=O) groups is 1. The third kappa shape index (κ3) is 3.71. The second kappa shape index (κ2) is 7.68. The Balaban J connectivity index is 1.59. The number of hydrogen-bond donors (Lipinski definition) is 1. The third-order valence-electron chi connectivity index (χ3n) is 5.92. The van der Waals surface area contributed by atoms with Crippen molar-refractivity contribution >= 4 is 15.9 Å². The van der Waals surface area contributed by atoms with Crippen LogP contribution in [0.2, 0.25) is 0 Å². The fourth-order valence-corrected chi connectivity index (χ4v) is 5.52. The summed E-state index contributed by atoms with van der Waals surface area (Å²) >= 11 is 0. The number of hydrogen-bond acceptors (Lipinski definition) is 3. The molecule has 1 atom stereocenters. The molecule has 0 unspecified atom stereocenters. The van der Waals surface area contributed by atoms with E-state index in [1.807, 2.05) is 48.2 Å². The number of benzene rings is 2. The molecule has 6 heteroatoms. The van der Waals surface area contributed by atoms with Crippen molar-refractivity contribution in [3.8, 4) is 0 Å². The van der Waals surface area contributed by atoms with E-state index in [0.717, 1.165) is 36.0 Å². The van der Waals surface area contributed by atoms with Crippen molar-refractivity contribution in [1.29, 1.82) is 0 Å². The van der Waals surface area contributed by atoms with Crippen LogP contribution in [0.4, 0.5) is 0 Å². The van der Waals surface area contributed by atoms with Crippen LogP contribution >= 0.6 is 0 Å². The van der Waals surface area contributed by atoms with Crippen LogP contribution in [0.1, 0.15) is 48.9 Å². The molecule has 5 nitrogen and oxygen atoms in total. The third-order valence-corrected chi connectivity index (χ3v) is 7.54. The van der Waals surface area contributed by atoms with Crippen molar-refractivity contribution in [2.45, 2.75) is 50.1 Å². The highest BCUT2D eigenvalue weighted by molar-refractivity contribution is 7.89. The minimum atomic E-state index is -3.70. The molecule has 148 valence electrons. The van der Waals surface area contributed by atoms with Gasteiger partial charge in [-0.3, -0.25) is 4.79 Å². The minimum absolute atomic E-state index is 0.126. The lowest BCUT2D eigenvalue weighted by Crippen LogP contribution is -2.42. The van der Waals surface area contributed by atoms with Crippen LogP contribution in [0.5, 0.6) is 0 Å². The van der Waals surface area contributed by atoms with Gasteiger partial charge in [0.25, 0.3) is 0 Å². The van der Waals surface area contributed by atoms with Gasteiger partial charge in [-0.15, -0.1) is 0 Å². The number of fused-ring (bicyclic) bond motifs is 1. The van der Waals surface area contributed by atoms with E-state index in [2.05, 4.69) is 4.72 Å². The Morgan fingerprint density at radius 1 is 1.11 bits per heavy atom. The van der Waals surface area contributed by atoms with Gasteiger partial charge in [-0.05, 0) is 48.9 Å². The fraction of sp³-hybridized carbons (Fsp3) is 0.409. The molecule has 0 spiro atoms. The van der Waals surface area contributed by atoms with Gasteiger partial charge in [0.05, 0.1) is 4.90 Å². The van der Waals surface area contributed by atoms with Crippen molar-refractivity contribution in [2.24, 2.45) is 5.92 Å². The molecule has 28 heavy (non-hydrogen) atoms. The van der Waals surface area contributed by atoms with Crippen molar-refractivity contribution in [1.82, 2.24) is 9.62 Å². The summed E-state index contributed by atoms with van der Waals surface area (Å²) in [5.74, 6) is 0.302. The summed E-state index contributed by atoms with van der Waals surface area (Å²) in [6.07, 6.45) is 3.73. The van der Waals surface area contributed by atoms with Crippen molar-refractivity contribution < 1.29 is 13.2 Å². The molecule has 0 bridgehead atoms. The summed E-state index contributed by atoms with van der Waals surface area (Å²) in [5.41, 5.74) is 2.69. The van der Waals surface area contributed by atoms with Gasteiger partial charge in [0.1, 0.15) is 0 Å². The van der Waals surface area contributed by atoms with E-state index in [0.29, 0.717) is 24.4 Å². The number of carbonyl (C=O) groups excluding carboxylic acids is 1. The predicted molar refractivity (Wildman–Crippen MR) is 108 cm³/mol. The maximum Gasteiger partial charge on any atom is 0.241 e. The lowest BCUT2D eigenvalue weighted by atomic mass is 9.84. The Morgan fingerprint density at radius 2 is 1.86 bits per heavy atom. The van der Waals surface area contributed by atoms with Gasteiger partial charge >= 0.3 is 0 Å². The molecule has 1 amide bonds. The van der Waals surface area contributed by atoms with Crippen molar-refractivity contribution in [3.05, 3.63) is 65.2 Å². The average Bonchev–Trinajstić information content (AvgIpc) is 2.66. The maximum atomic E-state index is 13.2. The van der Waals surface area contributed by atoms with Gasteiger partial charge in [0.2, 0.25) is 15.9 Å². The van der Waals surface area contributed by atoms with E-state index in [9.17, 15) is 13.2 Å². The zero-order chi connectivity index (χ0) is 19.7. The Labute approximate surface area is 166 Å². The fourth-order valence-electron chi connectivity index (χ4n) is 4.01. The van der Waals surface area contributed by atoms with Gasteiger partial charge in [0.15, 0.2) is 0 Å². The highest BCUT2D eigenvalue weighted by Gasteiger charge is 2.33. The Hall–Kier alpha value is -2.18. The van der Waals surface area contributed by atoms with Crippen LogP contribution in [0.3, 0.4) is 0 Å². The van der Waals surface area contributed by atoms with E-state index >= 15 is 0 Å². The monoisotopic (exact) mass is 398 g/mol. The number of amides is 1. The summed E-state index contributed by atoms with van der Waals surface area (Å²) in [5, 5.41) is 0. The molecule has 0 aromatic heterocycles. The standard InChI is InChI=1S/C22H26N2O3S/c1-16(17-7-3-2-4-8-17)23-28(26,27)21-12-6-9-18-13-14-24(15-20(18)21)22(25)19-10-5-11-19/h2-4,6-9,12,16,19,23H,5,10-11,13-15H2,1H3/t16-/m0/s1. The molecule has 4 rings (SSSR count). The summed E-state index contributed by atoms with van der Waals surface area (Å²) in [6, 6.07) is 14.6. The van der Waals surface area contributed by atoms with E-state index in [4.69, 9.17) is 0 Å². The second-order valence-electron chi connectivity index (χ2n) is 7.79. The first-order valence-electron chi connectivity index (χ1n) is 9.92. The van der Waals surface area contributed by atoms with Crippen molar-refractivity contribution in [3.63, 3.8) is 0 Å². The van der Waals surface area contributed by atoms with Gasteiger partial charge in [-0.25, -0.2) is 13.1 Å². The van der Waals surface area contributed by atoms with Crippen LogP contribution in [0.15, 0.2) is 53.4 Å². The Morgan fingerprint density at radius 3 is 2.54 bits per heavy atom. The molecule has 2 aromatic rings. The molecule has 1 aliphatic heterocycles. The molecule has 1 aliphatic carbocycles. The minimum Gasteiger partial charge on any atom is -0.338 e. The SMILES string of the molecule is C[C@H](NS(=O)(=O)c1cccc2c1CN(C(=O)C1CCC1)CC2)c1ccccc1. The maximum absolute atomic E-state index is 13.2. The molecular weight excluding hydrogens is 372 g/mol. The predicted octanol–water partition coefficient (Wildman–Crippen LogP) is 3.41. The summed E-state index contributed by atoms with van der Waals surface area (Å²) in [7, 11) is -3.70. The zero-order valence-corrected chi connectivity index (χ0v) is 16.9. The van der Waals surface area contributed by atoms with Gasteiger partial charge < -0.3 is 4.90 Å². The zero-order valence-electron chi connectivity index (χ0n) is 16.1. The average molecular weight is 399 g/mol. The van der Waals surface area contributed by atoms with E-state index in [1.165, 1.54) is 0 Å². The van der Waals surface area contributed by atoms with Crippen LogP contribution in [-0.4, -0.2) is 25.8 Å². The molecule has 0 saturated heterocycles. The summed E-state index contributed by atoms with van der Waals surface area (Å²) in [6.45, 7) is 2.88. The van der Waals surface area contributed by atoms with Gasteiger partial charge in [-0.2, -0.15) is 0 Å². The molecule has 1 saturated carbocycles. The van der Waals surface area contributed by atoms with Crippen molar-refractivity contribution in [2.75, 3.05) is 6.54 Å². The summed E-state index contributed by atoms with van der Waals surface area (Å²) in [4.78, 5) is 14.8. The largest absolute Gasteiger partial charge is 0.338 e. The quantitative estimate of drug-likeness (QED) is 0.839. The lowest BCUT2D eigenvalue weighted by Gasteiger charge is -2.35. The molecule has 2 aromatic carbocycles. The normalized spacial score (nSPS) is 18.2. The number of rotatable bonds is 5. The number of nitrogens with one attached hydrogen (secondary N) is 1. The molecule has 1 fully saturated rings. The smallest absolute Gasteiger partial charge is 0.241 e. The Bertz CT molecular complexity index is 969. The molecule has 0 radical (unpaired) electrons. The first kappa shape index (κ1) is 19.2. The van der Waals surface area contributed by atoms with Crippen LogP contribution in [0, 0.1) is 5.92 Å².